The number of benzene rings is 2. The van der Waals surface area contributed by atoms with Crippen LogP contribution in [0.15, 0.2) is 54.6 Å². The lowest BCUT2D eigenvalue weighted by Crippen LogP contribution is -2.59. The quantitative estimate of drug-likeness (QED) is 0.0687. The summed E-state index contributed by atoms with van der Waals surface area (Å²) in [5, 5.41) is 14.3. The van der Waals surface area contributed by atoms with Gasteiger partial charge in [-0.05, 0) is 80.3 Å². The predicted octanol–water partition coefficient (Wildman–Crippen LogP) is 3.76. The Labute approximate surface area is 435 Å². The summed E-state index contributed by atoms with van der Waals surface area (Å²) >= 11 is 0. The van der Waals surface area contributed by atoms with Gasteiger partial charge >= 0.3 is 0 Å². The van der Waals surface area contributed by atoms with Crippen LogP contribution >= 0.6 is 0 Å². The second kappa shape index (κ2) is 30.1. The first kappa shape index (κ1) is 61.9. The van der Waals surface area contributed by atoms with Gasteiger partial charge in [-0.2, -0.15) is 0 Å². The first-order chi connectivity index (χ1) is 34.5. The molecule has 18 heteroatoms. The number of anilines is 1. The third kappa shape index (κ3) is 18.2. The largest absolute Gasteiger partial charge is 0.379 e. The van der Waals surface area contributed by atoms with Crippen LogP contribution < -0.4 is 32.3 Å². The molecule has 0 aliphatic carbocycles. The van der Waals surface area contributed by atoms with Gasteiger partial charge in [0.15, 0.2) is 0 Å². The van der Waals surface area contributed by atoms with Crippen LogP contribution in [0.4, 0.5) is 5.69 Å². The molecular weight excluding hydrogens is 931 g/mol. The molecule has 7 amide bonds. The van der Waals surface area contributed by atoms with Gasteiger partial charge in [0.25, 0.3) is 0 Å². The van der Waals surface area contributed by atoms with Crippen LogP contribution in [0.2, 0.25) is 0 Å². The number of carbonyl (C=O) groups excluding carboxylic acids is 7. The van der Waals surface area contributed by atoms with Crippen LogP contribution in [0.1, 0.15) is 99.1 Å². The van der Waals surface area contributed by atoms with Gasteiger partial charge in [-0.25, -0.2) is 0 Å². The lowest BCUT2D eigenvalue weighted by atomic mass is 9.89. The molecule has 73 heavy (non-hydrogen) atoms. The van der Waals surface area contributed by atoms with E-state index in [-0.39, 0.29) is 73.2 Å². The molecule has 1 fully saturated rings. The normalized spacial score (nSPS) is 17.5. The van der Waals surface area contributed by atoms with Crippen molar-refractivity contribution < 1.29 is 43.0 Å². The van der Waals surface area contributed by atoms with Crippen LogP contribution in [0, 0.1) is 29.6 Å². The van der Waals surface area contributed by atoms with E-state index in [1.165, 1.54) is 7.11 Å². The molecule has 1 aliphatic rings. The standard InChI is InChI=1S/C55H89N9O9/c1-15-36(8)49(63(12)55(71)47(34(4)5)61-54(70)48(35(6)7)62(10)11)43(72-13)31-45(66)64-29-19-22-42(64)50(73-14)37(9)51(67)60-41(30-39-20-17-16-18-21-39)52(68)57-28-27-38-23-25-40(26-24-38)59-44(65)32-58-53(69)46(56)33(2)3/h16-18,20-21,23-26,33-37,41-43,46-50H,15,19,22,27-32,56H2,1-14H3,(H,57,68)(H,58,69)(H,59,65)(H,60,67)(H,61,70)/t36?,37?,41-,42-,43?,46+,47-,48?,49?,50?/m0/s1. The van der Waals surface area contributed by atoms with Crippen molar-refractivity contribution in [1.82, 2.24) is 36.0 Å². The molecule has 2 aromatic carbocycles. The van der Waals surface area contributed by atoms with Crippen LogP contribution in [0.3, 0.4) is 0 Å². The van der Waals surface area contributed by atoms with Crippen molar-refractivity contribution in [2.24, 2.45) is 35.3 Å². The number of likely N-dealkylation sites (tertiary alicyclic amines) is 1. The molecule has 2 aromatic rings. The Kier molecular flexibility index (Phi) is 25.5. The van der Waals surface area contributed by atoms with E-state index in [1.54, 1.807) is 43.0 Å². The fourth-order valence-electron chi connectivity index (χ4n) is 9.77. The summed E-state index contributed by atoms with van der Waals surface area (Å²) in [7, 11) is 8.48. The third-order valence-corrected chi connectivity index (χ3v) is 14.3. The maximum absolute atomic E-state index is 14.5. The second-order valence-corrected chi connectivity index (χ2v) is 21.0. The monoisotopic (exact) mass is 1020 g/mol. The van der Waals surface area contributed by atoms with Gasteiger partial charge in [0.1, 0.15) is 12.1 Å². The summed E-state index contributed by atoms with van der Waals surface area (Å²) in [5.74, 6) is -3.30. The first-order valence-corrected chi connectivity index (χ1v) is 26.1. The van der Waals surface area contributed by atoms with Gasteiger partial charge in [0.05, 0.1) is 55.3 Å². The van der Waals surface area contributed by atoms with Gasteiger partial charge in [-0.1, -0.05) is 111 Å². The SMILES string of the molecule is CCC(C)C(C(CC(=O)N1CCC[C@H]1C(OC)C(C)C(=O)N[C@@H](Cc1ccccc1)C(=O)NCCc1ccc(NC(=O)CNC(=O)[C@H](N)C(C)C)cc1)OC)N(C)C(=O)[C@@H](NC(=O)C(C(C)C)N(C)C)C(C)C. The number of ether oxygens (including phenoxy) is 2. The maximum Gasteiger partial charge on any atom is 0.245 e. The van der Waals surface area contributed by atoms with Crippen molar-refractivity contribution in [3.8, 4) is 0 Å². The molecule has 1 saturated heterocycles. The lowest BCUT2D eigenvalue weighted by Gasteiger charge is -2.41. The summed E-state index contributed by atoms with van der Waals surface area (Å²) in [6, 6.07) is 12.8. The molecule has 0 spiro atoms. The molecule has 0 radical (unpaired) electrons. The average Bonchev–Trinajstić information content (AvgIpc) is 3.84. The number of rotatable bonds is 29. The molecule has 3 rings (SSSR count). The van der Waals surface area contributed by atoms with Crippen molar-refractivity contribution in [2.75, 3.05) is 60.3 Å². The minimum atomic E-state index is -0.919. The highest BCUT2D eigenvalue weighted by molar-refractivity contribution is 5.95. The number of nitrogens with one attached hydrogen (secondary N) is 5. The Hall–Kier alpha value is -5.43. The van der Waals surface area contributed by atoms with Gasteiger partial charge < -0.3 is 51.6 Å². The highest BCUT2D eigenvalue weighted by Gasteiger charge is 2.43. The van der Waals surface area contributed by atoms with Crippen LogP contribution in [-0.2, 0) is 55.9 Å². The van der Waals surface area contributed by atoms with Crippen molar-refractivity contribution in [2.45, 2.75) is 149 Å². The zero-order valence-corrected chi connectivity index (χ0v) is 46.2. The Morgan fingerprint density at radius 1 is 0.753 bits per heavy atom. The van der Waals surface area contributed by atoms with E-state index >= 15 is 0 Å². The minimum absolute atomic E-state index is 0.0181. The number of likely N-dealkylation sites (N-methyl/N-ethyl adjacent to an activating group) is 2. The number of nitrogens with two attached hydrogens (primary N) is 1. The van der Waals surface area contributed by atoms with Gasteiger partial charge in [-0.3, -0.25) is 38.5 Å². The average molecular weight is 1020 g/mol. The summed E-state index contributed by atoms with van der Waals surface area (Å²) in [6.45, 7) is 17.7. The first-order valence-electron chi connectivity index (χ1n) is 26.1. The molecular formula is C55H89N9O9. The van der Waals surface area contributed by atoms with E-state index in [2.05, 4.69) is 26.6 Å². The van der Waals surface area contributed by atoms with Gasteiger partial charge in [-0.15, -0.1) is 0 Å². The number of carbonyl (C=O) groups is 7. The second-order valence-electron chi connectivity index (χ2n) is 21.0. The van der Waals surface area contributed by atoms with Crippen LogP contribution in [-0.4, -0.2) is 160 Å². The summed E-state index contributed by atoms with van der Waals surface area (Å²) in [6.07, 6.45) is 1.30. The number of nitrogens with zero attached hydrogens (tertiary/aromatic N) is 3. The zero-order chi connectivity index (χ0) is 54.7. The maximum atomic E-state index is 14.5. The van der Waals surface area contributed by atoms with Crippen LogP contribution in [0.25, 0.3) is 0 Å². The number of methoxy groups -OCH3 is 2. The van der Waals surface area contributed by atoms with E-state index < -0.39 is 72.1 Å². The molecule has 1 aliphatic heterocycles. The Balaban J connectivity index is 1.72. The molecule has 18 nitrogen and oxygen atoms in total. The molecule has 0 aromatic heterocycles. The Morgan fingerprint density at radius 2 is 1.40 bits per heavy atom. The highest BCUT2D eigenvalue weighted by Crippen LogP contribution is 2.30. The molecule has 408 valence electrons. The van der Waals surface area contributed by atoms with E-state index in [0.29, 0.717) is 37.9 Å². The lowest BCUT2D eigenvalue weighted by molar-refractivity contribution is -0.148. The molecule has 6 unspecified atom stereocenters. The minimum Gasteiger partial charge on any atom is -0.379 e. The summed E-state index contributed by atoms with van der Waals surface area (Å²) < 4.78 is 12.1. The van der Waals surface area contributed by atoms with E-state index in [9.17, 15) is 33.6 Å². The number of hydrogen-bond donors (Lipinski definition) is 6. The smallest absolute Gasteiger partial charge is 0.245 e. The number of hydrogen-bond acceptors (Lipinski definition) is 11. The van der Waals surface area contributed by atoms with Crippen molar-refractivity contribution in [1.29, 1.82) is 0 Å². The third-order valence-electron chi connectivity index (χ3n) is 14.3. The van der Waals surface area contributed by atoms with Crippen molar-refractivity contribution >= 4 is 47.0 Å². The highest BCUT2D eigenvalue weighted by atomic mass is 16.5. The Morgan fingerprint density at radius 3 is 1.95 bits per heavy atom. The van der Waals surface area contributed by atoms with E-state index in [1.807, 2.05) is 117 Å². The predicted molar refractivity (Wildman–Crippen MR) is 285 cm³/mol. The van der Waals surface area contributed by atoms with E-state index in [4.69, 9.17) is 15.2 Å². The summed E-state index contributed by atoms with van der Waals surface area (Å²) in [4.78, 5) is 100. The van der Waals surface area contributed by atoms with Crippen molar-refractivity contribution in [3.05, 3.63) is 65.7 Å². The molecule has 1 heterocycles. The van der Waals surface area contributed by atoms with E-state index in [0.717, 1.165) is 11.1 Å². The molecule has 0 bridgehead atoms. The molecule has 7 N–H and O–H groups in total. The Bertz CT molecular complexity index is 2080. The zero-order valence-electron chi connectivity index (χ0n) is 46.2. The fourth-order valence-corrected chi connectivity index (χ4v) is 9.77. The molecule has 0 saturated carbocycles. The number of amides is 7. The van der Waals surface area contributed by atoms with Crippen molar-refractivity contribution in [3.63, 3.8) is 0 Å². The topological polar surface area (TPSA) is 234 Å². The van der Waals surface area contributed by atoms with Gasteiger partial charge in [0.2, 0.25) is 41.4 Å². The van der Waals surface area contributed by atoms with Gasteiger partial charge in [0, 0.05) is 46.5 Å². The van der Waals surface area contributed by atoms with Crippen LogP contribution in [0.5, 0.6) is 0 Å². The summed E-state index contributed by atoms with van der Waals surface area (Å²) in [5.41, 5.74) is 8.16. The molecule has 10 atom stereocenters. The fraction of sp³-hybridized carbons (Fsp3) is 0.655.